The van der Waals surface area contributed by atoms with Crippen molar-refractivity contribution in [1.82, 2.24) is 5.32 Å². The number of para-hydroxylation sites is 1. The van der Waals surface area contributed by atoms with Gasteiger partial charge >= 0.3 is 5.97 Å². The highest BCUT2D eigenvalue weighted by atomic mass is 16.5. The van der Waals surface area contributed by atoms with E-state index in [1.54, 1.807) is 0 Å². The Balaban J connectivity index is 1.95. The lowest BCUT2D eigenvalue weighted by molar-refractivity contribution is -0.152. The van der Waals surface area contributed by atoms with E-state index in [1.807, 2.05) is 32.0 Å². The van der Waals surface area contributed by atoms with E-state index in [-0.39, 0.29) is 5.97 Å². The van der Waals surface area contributed by atoms with Crippen molar-refractivity contribution in [3.8, 4) is 5.75 Å². The fourth-order valence-corrected chi connectivity index (χ4v) is 1.93. The summed E-state index contributed by atoms with van der Waals surface area (Å²) < 4.78 is 10.6. The molecular weight excluding hydrogens is 254 g/mol. The van der Waals surface area contributed by atoms with Crippen molar-refractivity contribution in [2.45, 2.75) is 39.3 Å². The first-order chi connectivity index (χ1) is 9.53. The second-order valence-corrected chi connectivity index (χ2v) is 5.93. The molecule has 4 heteroatoms. The molecule has 1 aromatic carbocycles. The van der Waals surface area contributed by atoms with Crippen LogP contribution >= 0.6 is 0 Å². The van der Waals surface area contributed by atoms with Gasteiger partial charge in [-0.3, -0.25) is 4.79 Å². The number of nitrogens with one attached hydrogen (secondary N) is 1. The van der Waals surface area contributed by atoms with Gasteiger partial charge in [-0.05, 0) is 32.8 Å². The molecular formula is C16H23NO3. The van der Waals surface area contributed by atoms with Crippen LogP contribution in [0.2, 0.25) is 0 Å². The maximum absolute atomic E-state index is 11.6. The van der Waals surface area contributed by atoms with Crippen LogP contribution in [0, 0.1) is 5.41 Å². The van der Waals surface area contributed by atoms with Crippen molar-refractivity contribution in [2.75, 3.05) is 13.7 Å². The van der Waals surface area contributed by atoms with Crippen LogP contribution in [0.15, 0.2) is 24.3 Å². The minimum atomic E-state index is -0.647. The lowest BCUT2D eigenvalue weighted by Gasteiger charge is -2.22. The highest BCUT2D eigenvalue weighted by Crippen LogP contribution is 2.25. The zero-order chi connectivity index (χ0) is 14.6. The number of benzene rings is 1. The number of rotatable bonds is 7. The minimum Gasteiger partial charge on any atom is -0.492 e. The molecule has 0 radical (unpaired) electrons. The van der Waals surface area contributed by atoms with Gasteiger partial charge in [-0.1, -0.05) is 18.2 Å². The third kappa shape index (κ3) is 3.97. The molecule has 110 valence electrons. The van der Waals surface area contributed by atoms with Gasteiger partial charge in [-0.15, -0.1) is 0 Å². The standard InChI is InChI=1S/C16H23NO3/c1-16(2,15(18)19-3)11-20-14-7-5-4-6-12(14)10-17-13-8-9-13/h4-7,13,17H,8-11H2,1-3H3. The van der Waals surface area contributed by atoms with Crippen LogP contribution in [0.5, 0.6) is 5.75 Å². The highest BCUT2D eigenvalue weighted by Gasteiger charge is 2.30. The van der Waals surface area contributed by atoms with E-state index in [0.717, 1.165) is 17.9 Å². The molecule has 0 aromatic heterocycles. The number of carbonyl (C=O) groups excluding carboxylic acids is 1. The summed E-state index contributed by atoms with van der Waals surface area (Å²) in [6, 6.07) is 8.60. The van der Waals surface area contributed by atoms with Crippen LogP contribution in [-0.4, -0.2) is 25.7 Å². The second kappa shape index (κ2) is 6.27. The first-order valence-electron chi connectivity index (χ1n) is 7.05. The highest BCUT2D eigenvalue weighted by molar-refractivity contribution is 5.75. The van der Waals surface area contributed by atoms with Gasteiger partial charge in [0.15, 0.2) is 0 Å². The molecule has 1 fully saturated rings. The van der Waals surface area contributed by atoms with Crippen molar-refractivity contribution in [2.24, 2.45) is 5.41 Å². The van der Waals surface area contributed by atoms with E-state index in [9.17, 15) is 4.79 Å². The lowest BCUT2D eigenvalue weighted by atomic mass is 9.95. The minimum absolute atomic E-state index is 0.258. The fourth-order valence-electron chi connectivity index (χ4n) is 1.93. The Bertz CT molecular complexity index is 467. The number of carbonyl (C=O) groups is 1. The van der Waals surface area contributed by atoms with E-state index >= 15 is 0 Å². The molecule has 0 heterocycles. The van der Waals surface area contributed by atoms with E-state index < -0.39 is 5.41 Å². The summed E-state index contributed by atoms with van der Waals surface area (Å²) in [5.74, 6) is 0.573. The molecule has 1 saturated carbocycles. The second-order valence-electron chi connectivity index (χ2n) is 5.93. The first kappa shape index (κ1) is 14.9. The summed E-state index contributed by atoms with van der Waals surface area (Å²) in [6.07, 6.45) is 2.52. The van der Waals surface area contributed by atoms with Gasteiger partial charge < -0.3 is 14.8 Å². The number of methoxy groups -OCH3 is 1. The molecule has 20 heavy (non-hydrogen) atoms. The van der Waals surface area contributed by atoms with Crippen LogP contribution in [0.3, 0.4) is 0 Å². The van der Waals surface area contributed by atoms with Gasteiger partial charge in [-0.2, -0.15) is 0 Å². The summed E-state index contributed by atoms with van der Waals surface area (Å²) in [5, 5.41) is 3.47. The molecule has 1 aliphatic carbocycles. The first-order valence-corrected chi connectivity index (χ1v) is 7.05. The van der Waals surface area contributed by atoms with Crippen molar-refractivity contribution < 1.29 is 14.3 Å². The third-order valence-electron chi connectivity index (χ3n) is 3.46. The quantitative estimate of drug-likeness (QED) is 0.778. The number of hydrogen-bond acceptors (Lipinski definition) is 4. The Kier molecular flexibility index (Phi) is 4.65. The summed E-state index contributed by atoms with van der Waals surface area (Å²) in [5.41, 5.74) is 0.478. The van der Waals surface area contributed by atoms with Crippen LogP contribution in [-0.2, 0) is 16.1 Å². The smallest absolute Gasteiger partial charge is 0.314 e. The summed E-state index contributed by atoms with van der Waals surface area (Å²) in [4.78, 5) is 11.6. The maximum atomic E-state index is 11.6. The van der Waals surface area contributed by atoms with E-state index in [1.165, 1.54) is 20.0 Å². The van der Waals surface area contributed by atoms with Crippen molar-refractivity contribution >= 4 is 5.97 Å². The molecule has 0 bridgehead atoms. The zero-order valence-corrected chi connectivity index (χ0v) is 12.4. The Labute approximate surface area is 120 Å². The molecule has 0 amide bonds. The Morgan fingerprint density at radius 1 is 1.35 bits per heavy atom. The molecule has 0 spiro atoms. The number of esters is 1. The zero-order valence-electron chi connectivity index (χ0n) is 12.4. The Hall–Kier alpha value is -1.55. The summed E-state index contributed by atoms with van der Waals surface area (Å²) in [6.45, 7) is 4.76. The number of ether oxygens (including phenoxy) is 2. The molecule has 2 rings (SSSR count). The van der Waals surface area contributed by atoms with Crippen molar-refractivity contribution in [3.05, 3.63) is 29.8 Å². The van der Waals surface area contributed by atoms with Crippen LogP contribution in [0.1, 0.15) is 32.3 Å². The monoisotopic (exact) mass is 277 g/mol. The molecule has 0 atom stereocenters. The van der Waals surface area contributed by atoms with Gasteiger partial charge in [-0.25, -0.2) is 0 Å². The average molecular weight is 277 g/mol. The summed E-state index contributed by atoms with van der Waals surface area (Å²) >= 11 is 0. The van der Waals surface area contributed by atoms with Gasteiger partial charge in [0.1, 0.15) is 12.4 Å². The Morgan fingerprint density at radius 2 is 2.05 bits per heavy atom. The van der Waals surface area contributed by atoms with E-state index in [0.29, 0.717) is 12.6 Å². The predicted octanol–water partition coefficient (Wildman–Crippen LogP) is 2.52. The normalized spacial score (nSPS) is 14.9. The van der Waals surface area contributed by atoms with Crippen LogP contribution in [0.4, 0.5) is 0 Å². The van der Waals surface area contributed by atoms with Crippen LogP contribution in [0.25, 0.3) is 0 Å². The SMILES string of the molecule is COC(=O)C(C)(C)COc1ccccc1CNC1CC1. The topological polar surface area (TPSA) is 47.6 Å². The van der Waals surface area contributed by atoms with E-state index in [4.69, 9.17) is 9.47 Å². The average Bonchev–Trinajstić information content (AvgIpc) is 3.27. The predicted molar refractivity (Wildman–Crippen MR) is 77.6 cm³/mol. The largest absolute Gasteiger partial charge is 0.492 e. The Morgan fingerprint density at radius 3 is 2.70 bits per heavy atom. The maximum Gasteiger partial charge on any atom is 0.314 e. The lowest BCUT2D eigenvalue weighted by Crippen LogP contribution is -2.32. The van der Waals surface area contributed by atoms with Gasteiger partial charge in [0.05, 0.1) is 12.5 Å². The molecule has 1 aliphatic rings. The van der Waals surface area contributed by atoms with Gasteiger partial charge in [0.2, 0.25) is 0 Å². The molecule has 0 aliphatic heterocycles. The van der Waals surface area contributed by atoms with Gasteiger partial charge in [0.25, 0.3) is 0 Å². The van der Waals surface area contributed by atoms with Crippen molar-refractivity contribution in [1.29, 1.82) is 0 Å². The van der Waals surface area contributed by atoms with Gasteiger partial charge in [0, 0.05) is 18.2 Å². The number of hydrogen-bond donors (Lipinski definition) is 1. The molecule has 0 unspecified atom stereocenters. The third-order valence-corrected chi connectivity index (χ3v) is 3.46. The van der Waals surface area contributed by atoms with Crippen molar-refractivity contribution in [3.63, 3.8) is 0 Å². The molecule has 0 saturated heterocycles. The van der Waals surface area contributed by atoms with E-state index in [2.05, 4.69) is 11.4 Å². The summed E-state index contributed by atoms with van der Waals surface area (Å²) in [7, 11) is 1.40. The molecule has 1 N–H and O–H groups in total. The van der Waals surface area contributed by atoms with Crippen LogP contribution < -0.4 is 10.1 Å². The fraction of sp³-hybridized carbons (Fsp3) is 0.562. The molecule has 1 aromatic rings. The molecule has 4 nitrogen and oxygen atoms in total.